The van der Waals surface area contributed by atoms with E-state index in [1.54, 1.807) is 0 Å². The molecular weight excluding hydrogens is 256 g/mol. The van der Waals surface area contributed by atoms with E-state index >= 15 is 0 Å². The highest BCUT2D eigenvalue weighted by atomic mass is 15.2. The van der Waals surface area contributed by atoms with E-state index in [9.17, 15) is 0 Å². The lowest BCUT2D eigenvalue weighted by Crippen LogP contribution is -2.61. The van der Waals surface area contributed by atoms with E-state index in [1.807, 2.05) is 0 Å². The first kappa shape index (κ1) is 16.5. The van der Waals surface area contributed by atoms with E-state index in [-0.39, 0.29) is 0 Å². The molecule has 1 N–H and O–H groups in total. The second-order valence-corrected chi connectivity index (χ2v) is 7.69. The molecule has 2 rings (SSSR count). The largest absolute Gasteiger partial charge is 0.311 e. The van der Waals surface area contributed by atoms with Gasteiger partial charge in [-0.25, -0.2) is 0 Å². The van der Waals surface area contributed by atoms with Gasteiger partial charge in [0.1, 0.15) is 0 Å². The van der Waals surface area contributed by atoms with Gasteiger partial charge in [-0.2, -0.15) is 0 Å². The maximum atomic E-state index is 3.80. The summed E-state index contributed by atoms with van der Waals surface area (Å²) < 4.78 is 0. The molecule has 0 spiro atoms. The minimum absolute atomic E-state index is 0.315. The van der Waals surface area contributed by atoms with Gasteiger partial charge in [-0.05, 0) is 16.9 Å². The maximum Gasteiger partial charge on any atom is 0.0250 e. The monoisotopic (exact) mass is 288 g/mol. The molecule has 1 aliphatic rings. The third-order valence-corrected chi connectivity index (χ3v) is 5.03. The molecule has 0 aromatic heterocycles. The van der Waals surface area contributed by atoms with Crippen molar-refractivity contribution >= 4 is 0 Å². The third-order valence-electron chi connectivity index (χ3n) is 5.03. The van der Waals surface area contributed by atoms with Crippen molar-refractivity contribution < 1.29 is 0 Å². The van der Waals surface area contributed by atoms with Gasteiger partial charge in [0.15, 0.2) is 0 Å². The SMILES string of the molecule is CCC(C)C1CNC(C(C)(C)C)CN1Cc1ccccc1. The third kappa shape index (κ3) is 4.31. The summed E-state index contributed by atoms with van der Waals surface area (Å²) in [6, 6.07) is 12.1. The zero-order valence-corrected chi connectivity index (χ0v) is 14.4. The van der Waals surface area contributed by atoms with Gasteiger partial charge >= 0.3 is 0 Å². The fraction of sp³-hybridized carbons (Fsp3) is 0.684. The Bertz CT molecular complexity index is 421. The molecule has 1 aromatic rings. The van der Waals surface area contributed by atoms with Crippen molar-refractivity contribution in [3.63, 3.8) is 0 Å². The number of hydrogen-bond acceptors (Lipinski definition) is 2. The Hall–Kier alpha value is -0.860. The lowest BCUT2D eigenvalue weighted by Gasteiger charge is -2.47. The number of benzene rings is 1. The van der Waals surface area contributed by atoms with Crippen molar-refractivity contribution in [1.82, 2.24) is 10.2 Å². The highest BCUT2D eigenvalue weighted by Gasteiger charge is 2.35. The van der Waals surface area contributed by atoms with Gasteiger partial charge in [0, 0.05) is 31.7 Å². The van der Waals surface area contributed by atoms with Crippen LogP contribution < -0.4 is 5.32 Å². The standard InChI is InChI=1S/C19H32N2/c1-6-15(2)17-12-20-18(19(3,4)5)14-21(17)13-16-10-8-7-9-11-16/h7-11,15,17-18,20H,6,12-14H2,1-5H3. The molecule has 0 aliphatic carbocycles. The molecule has 3 atom stereocenters. The average Bonchev–Trinajstić information content (AvgIpc) is 2.46. The van der Waals surface area contributed by atoms with Gasteiger partial charge in [-0.15, -0.1) is 0 Å². The second kappa shape index (κ2) is 6.93. The number of hydrogen-bond donors (Lipinski definition) is 1. The van der Waals surface area contributed by atoms with Crippen molar-refractivity contribution in [1.29, 1.82) is 0 Å². The van der Waals surface area contributed by atoms with Crippen LogP contribution in [-0.4, -0.2) is 30.1 Å². The number of nitrogens with one attached hydrogen (secondary N) is 1. The van der Waals surface area contributed by atoms with Crippen LogP contribution >= 0.6 is 0 Å². The van der Waals surface area contributed by atoms with Crippen LogP contribution in [0.1, 0.15) is 46.6 Å². The smallest absolute Gasteiger partial charge is 0.0250 e. The van der Waals surface area contributed by atoms with E-state index in [2.05, 4.69) is 75.2 Å². The molecule has 2 nitrogen and oxygen atoms in total. The molecule has 1 aromatic carbocycles. The van der Waals surface area contributed by atoms with E-state index in [0.29, 0.717) is 17.5 Å². The number of piperazine rings is 1. The summed E-state index contributed by atoms with van der Waals surface area (Å²) in [6.45, 7) is 15.1. The predicted molar refractivity (Wildman–Crippen MR) is 91.3 cm³/mol. The van der Waals surface area contributed by atoms with Crippen LogP contribution in [0.15, 0.2) is 30.3 Å². The molecule has 0 amide bonds. The van der Waals surface area contributed by atoms with Gasteiger partial charge in [0.25, 0.3) is 0 Å². The average molecular weight is 288 g/mol. The van der Waals surface area contributed by atoms with E-state index in [0.717, 1.165) is 25.6 Å². The minimum atomic E-state index is 0.315. The molecule has 3 unspecified atom stereocenters. The Morgan fingerprint density at radius 3 is 2.48 bits per heavy atom. The summed E-state index contributed by atoms with van der Waals surface area (Å²) in [5, 5.41) is 3.80. The molecule has 2 heteroatoms. The Morgan fingerprint density at radius 1 is 1.24 bits per heavy atom. The molecule has 1 heterocycles. The Morgan fingerprint density at radius 2 is 1.90 bits per heavy atom. The summed E-state index contributed by atoms with van der Waals surface area (Å²) in [5.74, 6) is 0.738. The molecule has 0 bridgehead atoms. The Balaban J connectivity index is 2.13. The first-order valence-corrected chi connectivity index (χ1v) is 8.43. The zero-order valence-electron chi connectivity index (χ0n) is 14.4. The summed E-state index contributed by atoms with van der Waals surface area (Å²) in [4.78, 5) is 2.70. The van der Waals surface area contributed by atoms with Crippen molar-refractivity contribution in [2.24, 2.45) is 11.3 Å². The topological polar surface area (TPSA) is 15.3 Å². The summed E-state index contributed by atoms with van der Waals surface area (Å²) >= 11 is 0. The van der Waals surface area contributed by atoms with Crippen molar-refractivity contribution in [3.8, 4) is 0 Å². The fourth-order valence-electron chi connectivity index (χ4n) is 3.24. The number of nitrogens with zero attached hydrogens (tertiary/aromatic N) is 1. The number of rotatable bonds is 4. The van der Waals surface area contributed by atoms with Crippen LogP contribution in [0, 0.1) is 11.3 Å². The summed E-state index contributed by atoms with van der Waals surface area (Å²) in [5.41, 5.74) is 1.75. The lowest BCUT2D eigenvalue weighted by molar-refractivity contribution is 0.0522. The normalized spacial score (nSPS) is 25.8. The van der Waals surface area contributed by atoms with Crippen LogP contribution in [0.5, 0.6) is 0 Å². The highest BCUT2D eigenvalue weighted by Crippen LogP contribution is 2.27. The van der Waals surface area contributed by atoms with Crippen molar-refractivity contribution in [2.75, 3.05) is 13.1 Å². The van der Waals surface area contributed by atoms with E-state index < -0.39 is 0 Å². The van der Waals surface area contributed by atoms with Gasteiger partial charge in [-0.1, -0.05) is 71.4 Å². The zero-order chi connectivity index (χ0) is 15.5. The Kier molecular flexibility index (Phi) is 5.45. The fourth-order valence-corrected chi connectivity index (χ4v) is 3.24. The molecule has 0 radical (unpaired) electrons. The van der Waals surface area contributed by atoms with Crippen LogP contribution in [0.25, 0.3) is 0 Å². The maximum absolute atomic E-state index is 3.80. The minimum Gasteiger partial charge on any atom is -0.311 e. The van der Waals surface area contributed by atoms with E-state index in [1.165, 1.54) is 12.0 Å². The molecule has 118 valence electrons. The molecule has 21 heavy (non-hydrogen) atoms. The van der Waals surface area contributed by atoms with E-state index in [4.69, 9.17) is 0 Å². The molecule has 1 aliphatic heterocycles. The lowest BCUT2D eigenvalue weighted by atomic mass is 9.83. The molecular formula is C19H32N2. The first-order valence-electron chi connectivity index (χ1n) is 8.43. The first-order chi connectivity index (χ1) is 9.91. The van der Waals surface area contributed by atoms with Gasteiger partial charge in [-0.3, -0.25) is 4.90 Å². The highest BCUT2D eigenvalue weighted by molar-refractivity contribution is 5.15. The van der Waals surface area contributed by atoms with Crippen LogP contribution in [0.3, 0.4) is 0 Å². The van der Waals surface area contributed by atoms with Crippen molar-refractivity contribution in [3.05, 3.63) is 35.9 Å². The van der Waals surface area contributed by atoms with Gasteiger partial charge in [0.05, 0.1) is 0 Å². The van der Waals surface area contributed by atoms with Crippen molar-refractivity contribution in [2.45, 2.75) is 59.7 Å². The van der Waals surface area contributed by atoms with Gasteiger partial charge < -0.3 is 5.32 Å². The molecule has 1 saturated heterocycles. The molecule has 1 fully saturated rings. The van der Waals surface area contributed by atoms with Crippen LogP contribution in [0.4, 0.5) is 0 Å². The van der Waals surface area contributed by atoms with Crippen LogP contribution in [-0.2, 0) is 6.54 Å². The predicted octanol–water partition coefficient (Wildman–Crippen LogP) is 3.92. The quantitative estimate of drug-likeness (QED) is 0.903. The summed E-state index contributed by atoms with van der Waals surface area (Å²) in [6.07, 6.45) is 1.25. The Labute approximate surface area is 130 Å². The summed E-state index contributed by atoms with van der Waals surface area (Å²) in [7, 11) is 0. The van der Waals surface area contributed by atoms with Crippen LogP contribution in [0.2, 0.25) is 0 Å². The second-order valence-electron chi connectivity index (χ2n) is 7.69. The van der Waals surface area contributed by atoms with Gasteiger partial charge in [0.2, 0.25) is 0 Å². The molecule has 0 saturated carbocycles.